The third kappa shape index (κ3) is 6.06. The molecule has 1 fully saturated rings. The Kier molecular flexibility index (Phi) is 7.17. The van der Waals surface area contributed by atoms with Gasteiger partial charge in [0.1, 0.15) is 0 Å². The molecule has 4 rings (SSSR count). The SMILES string of the molecule is CN=C(NCc1nc(-c2cccc(Cl)c2)no1)NC1CCN(Cc2ccccc2)CC1. The van der Waals surface area contributed by atoms with Gasteiger partial charge in [0.05, 0.1) is 6.54 Å². The minimum Gasteiger partial charge on any atom is -0.354 e. The van der Waals surface area contributed by atoms with Crippen LogP contribution in [0.15, 0.2) is 64.1 Å². The van der Waals surface area contributed by atoms with E-state index in [0.717, 1.165) is 44.0 Å². The lowest BCUT2D eigenvalue weighted by atomic mass is 10.0. The van der Waals surface area contributed by atoms with Crippen LogP contribution >= 0.6 is 11.6 Å². The number of nitrogens with zero attached hydrogens (tertiary/aromatic N) is 4. The number of aromatic nitrogens is 2. The van der Waals surface area contributed by atoms with Gasteiger partial charge in [0, 0.05) is 43.3 Å². The molecule has 0 spiro atoms. The van der Waals surface area contributed by atoms with Crippen LogP contribution in [0.1, 0.15) is 24.3 Å². The van der Waals surface area contributed by atoms with Crippen molar-refractivity contribution in [3.05, 3.63) is 71.1 Å². The highest BCUT2D eigenvalue weighted by molar-refractivity contribution is 6.30. The molecule has 0 amide bonds. The van der Waals surface area contributed by atoms with Crippen LogP contribution in [-0.2, 0) is 13.1 Å². The number of hydrogen-bond donors (Lipinski definition) is 2. The van der Waals surface area contributed by atoms with Gasteiger partial charge in [0.2, 0.25) is 11.7 Å². The Morgan fingerprint density at radius 1 is 1.16 bits per heavy atom. The van der Waals surface area contributed by atoms with Gasteiger partial charge in [-0.3, -0.25) is 9.89 Å². The maximum atomic E-state index is 6.04. The van der Waals surface area contributed by atoms with Gasteiger partial charge < -0.3 is 15.2 Å². The molecule has 1 aliphatic rings. The monoisotopic (exact) mass is 438 g/mol. The topological polar surface area (TPSA) is 78.6 Å². The van der Waals surface area contributed by atoms with E-state index in [9.17, 15) is 0 Å². The first-order valence-electron chi connectivity index (χ1n) is 10.5. The van der Waals surface area contributed by atoms with Gasteiger partial charge >= 0.3 is 0 Å². The van der Waals surface area contributed by atoms with E-state index in [1.807, 2.05) is 24.3 Å². The molecule has 0 radical (unpaired) electrons. The van der Waals surface area contributed by atoms with E-state index in [-0.39, 0.29) is 0 Å². The van der Waals surface area contributed by atoms with E-state index in [4.69, 9.17) is 16.1 Å². The van der Waals surface area contributed by atoms with Crippen LogP contribution in [0.25, 0.3) is 11.4 Å². The van der Waals surface area contributed by atoms with Crippen LogP contribution in [0, 0.1) is 0 Å². The molecule has 2 aromatic carbocycles. The minimum absolute atomic E-state index is 0.392. The first-order chi connectivity index (χ1) is 15.2. The Hall–Kier alpha value is -2.90. The molecular weight excluding hydrogens is 412 g/mol. The second kappa shape index (κ2) is 10.4. The number of benzene rings is 2. The van der Waals surface area contributed by atoms with E-state index in [0.29, 0.717) is 29.3 Å². The average Bonchev–Trinajstić information content (AvgIpc) is 3.28. The zero-order valence-corrected chi connectivity index (χ0v) is 18.3. The molecule has 2 heterocycles. The van der Waals surface area contributed by atoms with Crippen LogP contribution in [0.5, 0.6) is 0 Å². The second-order valence-corrected chi connectivity index (χ2v) is 8.06. The standard InChI is InChI=1S/C23H27ClN6O/c1-25-23(26-15-21-28-22(29-31-21)18-8-5-9-19(24)14-18)27-20-10-12-30(13-11-20)16-17-6-3-2-4-7-17/h2-9,14,20H,10-13,15-16H2,1H3,(H2,25,26,27). The average molecular weight is 439 g/mol. The van der Waals surface area contributed by atoms with Crippen LogP contribution < -0.4 is 10.6 Å². The lowest BCUT2D eigenvalue weighted by molar-refractivity contribution is 0.198. The van der Waals surface area contributed by atoms with E-state index in [2.05, 4.69) is 61.0 Å². The molecule has 0 unspecified atom stereocenters. The third-order valence-corrected chi connectivity index (χ3v) is 5.59. The Balaban J connectivity index is 1.23. The molecule has 2 N–H and O–H groups in total. The van der Waals surface area contributed by atoms with Crippen molar-refractivity contribution in [1.82, 2.24) is 25.7 Å². The van der Waals surface area contributed by atoms with Crippen molar-refractivity contribution in [2.24, 2.45) is 4.99 Å². The molecule has 3 aromatic rings. The number of rotatable bonds is 6. The van der Waals surface area contributed by atoms with Crippen LogP contribution in [0.2, 0.25) is 5.02 Å². The van der Waals surface area contributed by atoms with E-state index < -0.39 is 0 Å². The van der Waals surface area contributed by atoms with Gasteiger partial charge in [-0.25, -0.2) is 0 Å². The van der Waals surface area contributed by atoms with Crippen molar-refractivity contribution in [3.63, 3.8) is 0 Å². The van der Waals surface area contributed by atoms with Gasteiger partial charge in [-0.05, 0) is 30.5 Å². The van der Waals surface area contributed by atoms with Crippen LogP contribution in [-0.4, -0.2) is 47.2 Å². The van der Waals surface area contributed by atoms with Crippen LogP contribution in [0.4, 0.5) is 0 Å². The summed E-state index contributed by atoms with van der Waals surface area (Å²) in [6.45, 7) is 3.54. The van der Waals surface area contributed by atoms with E-state index in [1.54, 1.807) is 7.05 Å². The van der Waals surface area contributed by atoms with E-state index >= 15 is 0 Å². The molecule has 0 saturated carbocycles. The minimum atomic E-state index is 0.392. The van der Waals surface area contributed by atoms with E-state index in [1.165, 1.54) is 5.56 Å². The molecule has 1 aromatic heterocycles. The summed E-state index contributed by atoms with van der Waals surface area (Å²) in [7, 11) is 1.77. The lowest BCUT2D eigenvalue weighted by Gasteiger charge is -2.33. The normalized spacial score (nSPS) is 15.7. The smallest absolute Gasteiger partial charge is 0.246 e. The highest BCUT2D eigenvalue weighted by Gasteiger charge is 2.20. The maximum Gasteiger partial charge on any atom is 0.246 e. The number of halogens is 1. The summed E-state index contributed by atoms with van der Waals surface area (Å²) in [4.78, 5) is 11.3. The van der Waals surface area contributed by atoms with Crippen molar-refractivity contribution >= 4 is 17.6 Å². The fourth-order valence-electron chi connectivity index (χ4n) is 3.70. The number of likely N-dealkylation sites (tertiary alicyclic amines) is 1. The van der Waals surface area contributed by atoms with Gasteiger partial charge in [-0.1, -0.05) is 59.2 Å². The molecule has 8 heteroatoms. The summed E-state index contributed by atoms with van der Waals surface area (Å²) >= 11 is 6.04. The molecule has 162 valence electrons. The predicted octanol–water partition coefficient (Wildman–Crippen LogP) is 3.72. The maximum absolute atomic E-state index is 6.04. The number of piperidine rings is 1. The molecular formula is C23H27ClN6O. The molecule has 0 aliphatic carbocycles. The number of nitrogens with one attached hydrogen (secondary N) is 2. The van der Waals surface area contributed by atoms with Gasteiger partial charge in [-0.15, -0.1) is 0 Å². The van der Waals surface area contributed by atoms with Crippen molar-refractivity contribution < 1.29 is 4.52 Å². The molecule has 1 saturated heterocycles. The molecule has 0 atom stereocenters. The first kappa shape index (κ1) is 21.3. The molecule has 1 aliphatic heterocycles. The van der Waals surface area contributed by atoms with Crippen molar-refractivity contribution in [2.75, 3.05) is 20.1 Å². The zero-order valence-electron chi connectivity index (χ0n) is 17.6. The Labute approximate surface area is 187 Å². The van der Waals surface area contributed by atoms with Crippen LogP contribution in [0.3, 0.4) is 0 Å². The molecule has 31 heavy (non-hydrogen) atoms. The highest BCUT2D eigenvalue weighted by Crippen LogP contribution is 2.20. The molecule has 7 nitrogen and oxygen atoms in total. The summed E-state index contributed by atoms with van der Waals surface area (Å²) < 4.78 is 5.36. The quantitative estimate of drug-likeness (QED) is 0.451. The number of guanidine groups is 1. The van der Waals surface area contributed by atoms with Gasteiger partial charge in [0.25, 0.3) is 0 Å². The first-order valence-corrected chi connectivity index (χ1v) is 10.9. The largest absolute Gasteiger partial charge is 0.354 e. The predicted molar refractivity (Wildman–Crippen MR) is 123 cm³/mol. The van der Waals surface area contributed by atoms with Crippen molar-refractivity contribution in [3.8, 4) is 11.4 Å². The summed E-state index contributed by atoms with van der Waals surface area (Å²) in [5.74, 6) is 1.76. The Morgan fingerprint density at radius 2 is 1.97 bits per heavy atom. The second-order valence-electron chi connectivity index (χ2n) is 7.63. The van der Waals surface area contributed by atoms with Gasteiger partial charge in [0.15, 0.2) is 5.96 Å². The summed E-state index contributed by atoms with van der Waals surface area (Å²) in [6.07, 6.45) is 2.15. The summed E-state index contributed by atoms with van der Waals surface area (Å²) in [6, 6.07) is 18.4. The summed E-state index contributed by atoms with van der Waals surface area (Å²) in [5.41, 5.74) is 2.19. The number of aliphatic imine (C=N–C) groups is 1. The third-order valence-electron chi connectivity index (χ3n) is 5.36. The zero-order chi connectivity index (χ0) is 21.5. The fraction of sp³-hybridized carbons (Fsp3) is 0.348. The van der Waals surface area contributed by atoms with Crippen molar-refractivity contribution in [1.29, 1.82) is 0 Å². The number of hydrogen-bond acceptors (Lipinski definition) is 5. The summed E-state index contributed by atoms with van der Waals surface area (Å²) in [5, 5.41) is 11.5. The lowest BCUT2D eigenvalue weighted by Crippen LogP contribution is -2.48. The fourth-order valence-corrected chi connectivity index (χ4v) is 3.89. The van der Waals surface area contributed by atoms with Crippen molar-refractivity contribution in [2.45, 2.75) is 32.0 Å². The Bertz CT molecular complexity index is 998. The highest BCUT2D eigenvalue weighted by atomic mass is 35.5. The Morgan fingerprint density at radius 3 is 2.71 bits per heavy atom. The molecule has 0 bridgehead atoms. The van der Waals surface area contributed by atoms with Gasteiger partial charge in [-0.2, -0.15) is 4.98 Å².